The molecule has 0 spiro atoms. The van der Waals surface area contributed by atoms with E-state index in [4.69, 9.17) is 0 Å². The normalized spacial score (nSPS) is 19.6. The standard InChI is InChI=1S/C12H16FN/c1-8(2)5-9-7-14-12-4-3-10(13)6-11(9)12/h3-4,6,8-9,14H,5,7H2,1-2H3. The lowest BCUT2D eigenvalue weighted by Crippen LogP contribution is -2.05. The lowest BCUT2D eigenvalue weighted by molar-refractivity contribution is 0.520. The molecule has 1 aliphatic heterocycles. The third-order valence-corrected chi connectivity index (χ3v) is 2.75. The number of fused-ring (bicyclic) bond motifs is 1. The van der Waals surface area contributed by atoms with Crippen LogP contribution < -0.4 is 5.32 Å². The highest BCUT2D eigenvalue weighted by Crippen LogP contribution is 2.35. The van der Waals surface area contributed by atoms with Crippen molar-refractivity contribution in [3.8, 4) is 0 Å². The Labute approximate surface area is 84.3 Å². The summed E-state index contributed by atoms with van der Waals surface area (Å²) in [5.41, 5.74) is 2.26. The van der Waals surface area contributed by atoms with Gasteiger partial charge in [0.05, 0.1) is 0 Å². The molecule has 0 amide bonds. The Morgan fingerprint density at radius 2 is 2.29 bits per heavy atom. The number of hydrogen-bond donors (Lipinski definition) is 1. The Morgan fingerprint density at radius 1 is 1.50 bits per heavy atom. The summed E-state index contributed by atoms with van der Waals surface area (Å²) in [6.45, 7) is 5.37. The number of benzene rings is 1. The van der Waals surface area contributed by atoms with Crippen LogP contribution in [0, 0.1) is 11.7 Å². The zero-order chi connectivity index (χ0) is 10.1. The predicted molar refractivity (Wildman–Crippen MR) is 57.1 cm³/mol. The summed E-state index contributed by atoms with van der Waals surface area (Å²) < 4.78 is 13.0. The fourth-order valence-corrected chi connectivity index (χ4v) is 2.15. The molecule has 1 unspecified atom stereocenters. The first kappa shape index (κ1) is 9.50. The SMILES string of the molecule is CC(C)CC1CNc2ccc(F)cc21. The summed E-state index contributed by atoms with van der Waals surface area (Å²) in [7, 11) is 0. The molecule has 2 heteroatoms. The second-order valence-electron chi connectivity index (χ2n) is 4.44. The number of anilines is 1. The number of hydrogen-bond acceptors (Lipinski definition) is 1. The van der Waals surface area contributed by atoms with Crippen LogP contribution in [-0.4, -0.2) is 6.54 Å². The van der Waals surface area contributed by atoms with Crippen molar-refractivity contribution in [2.75, 3.05) is 11.9 Å². The van der Waals surface area contributed by atoms with Crippen LogP contribution in [0.15, 0.2) is 18.2 Å². The van der Waals surface area contributed by atoms with Gasteiger partial charge in [-0.3, -0.25) is 0 Å². The summed E-state index contributed by atoms with van der Waals surface area (Å²) in [5, 5.41) is 3.32. The van der Waals surface area contributed by atoms with Crippen molar-refractivity contribution in [1.29, 1.82) is 0 Å². The molecule has 0 radical (unpaired) electrons. The first-order valence-corrected chi connectivity index (χ1v) is 5.20. The molecular formula is C12H16FN. The lowest BCUT2D eigenvalue weighted by atomic mass is 9.92. The molecular weight excluding hydrogens is 177 g/mol. The van der Waals surface area contributed by atoms with Crippen LogP contribution in [-0.2, 0) is 0 Å². The molecule has 0 aliphatic carbocycles. The molecule has 1 atom stereocenters. The number of halogens is 1. The van der Waals surface area contributed by atoms with Gasteiger partial charge in [0.25, 0.3) is 0 Å². The van der Waals surface area contributed by atoms with Gasteiger partial charge in [0, 0.05) is 18.2 Å². The quantitative estimate of drug-likeness (QED) is 0.759. The molecule has 1 nitrogen and oxygen atoms in total. The van der Waals surface area contributed by atoms with Crippen molar-refractivity contribution in [1.82, 2.24) is 0 Å². The van der Waals surface area contributed by atoms with Crippen LogP contribution in [0.1, 0.15) is 31.7 Å². The minimum absolute atomic E-state index is 0.124. The number of nitrogens with one attached hydrogen (secondary N) is 1. The molecule has 1 aliphatic rings. The highest BCUT2D eigenvalue weighted by molar-refractivity contribution is 5.57. The van der Waals surface area contributed by atoms with E-state index in [0.29, 0.717) is 11.8 Å². The molecule has 1 aromatic rings. The first-order valence-electron chi connectivity index (χ1n) is 5.20. The highest BCUT2D eigenvalue weighted by Gasteiger charge is 2.22. The van der Waals surface area contributed by atoms with Crippen LogP contribution in [0.2, 0.25) is 0 Å². The molecule has 1 aromatic carbocycles. The van der Waals surface area contributed by atoms with Gasteiger partial charge in [-0.1, -0.05) is 13.8 Å². The molecule has 1 N–H and O–H groups in total. The van der Waals surface area contributed by atoms with Gasteiger partial charge in [0.1, 0.15) is 5.82 Å². The number of rotatable bonds is 2. The Hall–Kier alpha value is -1.05. The van der Waals surface area contributed by atoms with Crippen molar-refractivity contribution in [2.45, 2.75) is 26.2 Å². The smallest absolute Gasteiger partial charge is 0.123 e. The van der Waals surface area contributed by atoms with Crippen LogP contribution in [0.25, 0.3) is 0 Å². The predicted octanol–water partition coefficient (Wildman–Crippen LogP) is 3.38. The fraction of sp³-hybridized carbons (Fsp3) is 0.500. The Morgan fingerprint density at radius 3 is 3.00 bits per heavy atom. The highest BCUT2D eigenvalue weighted by atomic mass is 19.1. The van der Waals surface area contributed by atoms with E-state index in [9.17, 15) is 4.39 Å². The lowest BCUT2D eigenvalue weighted by Gasteiger charge is -2.12. The largest absolute Gasteiger partial charge is 0.384 e. The van der Waals surface area contributed by atoms with E-state index in [0.717, 1.165) is 24.2 Å². The van der Waals surface area contributed by atoms with Crippen LogP contribution in [0.3, 0.4) is 0 Å². The molecule has 0 fully saturated rings. The van der Waals surface area contributed by atoms with Crippen LogP contribution in [0.5, 0.6) is 0 Å². The Balaban J connectivity index is 2.24. The molecule has 1 heterocycles. The Kier molecular flexibility index (Phi) is 2.44. The van der Waals surface area contributed by atoms with Crippen LogP contribution >= 0.6 is 0 Å². The third kappa shape index (κ3) is 1.74. The van der Waals surface area contributed by atoms with E-state index in [2.05, 4.69) is 19.2 Å². The first-order chi connectivity index (χ1) is 6.66. The minimum Gasteiger partial charge on any atom is -0.384 e. The van der Waals surface area contributed by atoms with Gasteiger partial charge < -0.3 is 5.32 Å². The summed E-state index contributed by atoms with van der Waals surface area (Å²) in [6.07, 6.45) is 1.13. The van der Waals surface area contributed by atoms with Gasteiger partial charge in [-0.15, -0.1) is 0 Å². The van der Waals surface area contributed by atoms with Gasteiger partial charge in [0.15, 0.2) is 0 Å². The molecule has 0 saturated heterocycles. The summed E-state index contributed by atoms with van der Waals surface area (Å²) in [5.74, 6) is 1.03. The van der Waals surface area contributed by atoms with E-state index >= 15 is 0 Å². The van der Waals surface area contributed by atoms with Crippen molar-refractivity contribution < 1.29 is 4.39 Å². The monoisotopic (exact) mass is 193 g/mol. The summed E-state index contributed by atoms with van der Waals surface area (Å²) in [4.78, 5) is 0. The topological polar surface area (TPSA) is 12.0 Å². The van der Waals surface area contributed by atoms with Crippen molar-refractivity contribution >= 4 is 5.69 Å². The van der Waals surface area contributed by atoms with Gasteiger partial charge in [-0.25, -0.2) is 4.39 Å². The van der Waals surface area contributed by atoms with Crippen molar-refractivity contribution in [2.24, 2.45) is 5.92 Å². The average Bonchev–Trinajstić information content (AvgIpc) is 2.47. The van der Waals surface area contributed by atoms with Crippen molar-refractivity contribution in [3.63, 3.8) is 0 Å². The maximum absolute atomic E-state index is 13.0. The second-order valence-corrected chi connectivity index (χ2v) is 4.44. The van der Waals surface area contributed by atoms with Crippen LogP contribution in [0.4, 0.5) is 10.1 Å². The molecule has 76 valence electrons. The van der Waals surface area contributed by atoms with Crippen molar-refractivity contribution in [3.05, 3.63) is 29.6 Å². The van der Waals surface area contributed by atoms with Gasteiger partial charge >= 0.3 is 0 Å². The molecule has 0 aromatic heterocycles. The molecule has 14 heavy (non-hydrogen) atoms. The van der Waals surface area contributed by atoms with Gasteiger partial charge in [-0.05, 0) is 36.1 Å². The second kappa shape index (κ2) is 3.60. The van der Waals surface area contributed by atoms with E-state index in [1.165, 1.54) is 6.07 Å². The van der Waals surface area contributed by atoms with E-state index in [-0.39, 0.29) is 5.82 Å². The summed E-state index contributed by atoms with van der Waals surface area (Å²) in [6, 6.07) is 5.02. The van der Waals surface area contributed by atoms with E-state index in [1.54, 1.807) is 6.07 Å². The van der Waals surface area contributed by atoms with Gasteiger partial charge in [0.2, 0.25) is 0 Å². The van der Waals surface area contributed by atoms with Gasteiger partial charge in [-0.2, -0.15) is 0 Å². The maximum Gasteiger partial charge on any atom is 0.123 e. The fourth-order valence-electron chi connectivity index (χ4n) is 2.15. The maximum atomic E-state index is 13.0. The van der Waals surface area contributed by atoms with E-state index in [1.807, 2.05) is 6.07 Å². The molecule has 0 bridgehead atoms. The zero-order valence-corrected chi connectivity index (χ0v) is 8.68. The third-order valence-electron chi connectivity index (χ3n) is 2.75. The average molecular weight is 193 g/mol. The molecule has 0 saturated carbocycles. The minimum atomic E-state index is -0.124. The zero-order valence-electron chi connectivity index (χ0n) is 8.68. The van der Waals surface area contributed by atoms with E-state index < -0.39 is 0 Å². The Bertz CT molecular complexity index is 333. The summed E-state index contributed by atoms with van der Waals surface area (Å²) >= 11 is 0. The molecule has 2 rings (SSSR count).